The van der Waals surface area contributed by atoms with Gasteiger partial charge in [-0.2, -0.15) is 0 Å². The second-order valence-corrected chi connectivity index (χ2v) is 4.44. The Labute approximate surface area is 101 Å². The Bertz CT molecular complexity index is 627. The monoisotopic (exact) mass is 223 g/mol. The Morgan fingerprint density at radius 2 is 1.76 bits per heavy atom. The highest BCUT2D eigenvalue weighted by molar-refractivity contribution is 5.69. The molecule has 3 aromatic rings. The van der Waals surface area contributed by atoms with Crippen molar-refractivity contribution >= 4 is 5.52 Å². The molecule has 0 unspecified atom stereocenters. The smallest absolute Gasteiger partial charge is 0.194 e. The van der Waals surface area contributed by atoms with Gasteiger partial charge in [-0.25, -0.2) is 4.57 Å². The molecule has 2 aromatic heterocycles. The summed E-state index contributed by atoms with van der Waals surface area (Å²) in [5.41, 5.74) is 4.98. The molecule has 3 rings (SSSR count). The van der Waals surface area contributed by atoms with Crippen LogP contribution in [0.1, 0.15) is 5.69 Å². The molecule has 0 fully saturated rings. The van der Waals surface area contributed by atoms with Crippen LogP contribution in [-0.2, 0) is 7.05 Å². The van der Waals surface area contributed by atoms with Gasteiger partial charge < -0.3 is 4.40 Å². The largest absolute Gasteiger partial charge is 0.312 e. The molecular formula is C15H15N2+. The van der Waals surface area contributed by atoms with Crippen LogP contribution in [0, 0.1) is 6.92 Å². The topological polar surface area (TPSA) is 8.29 Å². The molecule has 0 N–H and O–H groups in total. The van der Waals surface area contributed by atoms with Crippen molar-refractivity contribution in [2.45, 2.75) is 6.92 Å². The third-order valence-corrected chi connectivity index (χ3v) is 3.20. The summed E-state index contributed by atoms with van der Waals surface area (Å²) in [6.07, 6.45) is 6.49. The van der Waals surface area contributed by atoms with Crippen LogP contribution in [0.3, 0.4) is 0 Å². The van der Waals surface area contributed by atoms with Gasteiger partial charge in [0, 0.05) is 18.7 Å². The minimum Gasteiger partial charge on any atom is -0.312 e. The van der Waals surface area contributed by atoms with Crippen LogP contribution in [0.5, 0.6) is 0 Å². The maximum absolute atomic E-state index is 2.22. The molecule has 1 aromatic carbocycles. The van der Waals surface area contributed by atoms with Crippen LogP contribution in [0.2, 0.25) is 0 Å². The minimum atomic E-state index is 1.22. The van der Waals surface area contributed by atoms with Gasteiger partial charge in [-0.05, 0) is 11.6 Å². The molecule has 0 aliphatic carbocycles. The summed E-state index contributed by atoms with van der Waals surface area (Å²) in [5, 5.41) is 0. The summed E-state index contributed by atoms with van der Waals surface area (Å²) in [6, 6.07) is 12.7. The van der Waals surface area contributed by atoms with E-state index in [9.17, 15) is 0 Å². The zero-order valence-corrected chi connectivity index (χ0v) is 10.1. The van der Waals surface area contributed by atoms with Crippen molar-refractivity contribution in [3.05, 3.63) is 60.7 Å². The first-order chi connectivity index (χ1) is 8.24. The van der Waals surface area contributed by atoms with E-state index in [4.69, 9.17) is 0 Å². The van der Waals surface area contributed by atoms with E-state index in [1.54, 1.807) is 0 Å². The van der Waals surface area contributed by atoms with Crippen molar-refractivity contribution < 1.29 is 4.57 Å². The molecule has 0 atom stereocenters. The van der Waals surface area contributed by atoms with Gasteiger partial charge in [0.1, 0.15) is 12.6 Å². The normalized spacial score (nSPS) is 10.9. The second-order valence-electron chi connectivity index (χ2n) is 4.44. The standard InChI is InChI=1S/C15H15N2/c1-12-9-17-10-14(8-15(17)11-16(12)2)13-6-4-3-5-7-13/h3-11H,1-2H3/q+1. The maximum Gasteiger partial charge on any atom is 0.194 e. The molecular weight excluding hydrogens is 208 g/mol. The molecule has 0 amide bonds. The first-order valence-electron chi connectivity index (χ1n) is 5.77. The van der Waals surface area contributed by atoms with Gasteiger partial charge in [0.2, 0.25) is 0 Å². The zero-order valence-electron chi connectivity index (χ0n) is 10.1. The number of hydrogen-bond donors (Lipinski definition) is 0. The number of nitrogens with zero attached hydrogens (tertiary/aromatic N) is 2. The van der Waals surface area contributed by atoms with Crippen LogP contribution in [0.15, 0.2) is 55.0 Å². The molecule has 0 spiro atoms. The highest BCUT2D eigenvalue weighted by atomic mass is 15.0. The van der Waals surface area contributed by atoms with Gasteiger partial charge in [0.15, 0.2) is 11.9 Å². The molecule has 0 bridgehead atoms. The Morgan fingerprint density at radius 3 is 2.53 bits per heavy atom. The van der Waals surface area contributed by atoms with Gasteiger partial charge in [-0.1, -0.05) is 30.3 Å². The summed E-state index contributed by atoms with van der Waals surface area (Å²) in [7, 11) is 2.07. The molecule has 17 heavy (non-hydrogen) atoms. The number of fused-ring (bicyclic) bond motifs is 1. The van der Waals surface area contributed by atoms with Crippen LogP contribution in [0.25, 0.3) is 16.6 Å². The Kier molecular flexibility index (Phi) is 2.22. The summed E-state index contributed by atoms with van der Waals surface area (Å²) >= 11 is 0. The number of hydrogen-bond acceptors (Lipinski definition) is 0. The fourth-order valence-corrected chi connectivity index (χ4v) is 2.09. The molecule has 0 aliphatic heterocycles. The van der Waals surface area contributed by atoms with Crippen molar-refractivity contribution in [3.63, 3.8) is 0 Å². The quantitative estimate of drug-likeness (QED) is 0.561. The van der Waals surface area contributed by atoms with E-state index in [0.717, 1.165) is 0 Å². The van der Waals surface area contributed by atoms with Crippen LogP contribution in [-0.4, -0.2) is 4.40 Å². The van der Waals surface area contributed by atoms with Crippen molar-refractivity contribution in [1.82, 2.24) is 4.40 Å². The Morgan fingerprint density at radius 1 is 1.00 bits per heavy atom. The van der Waals surface area contributed by atoms with E-state index in [-0.39, 0.29) is 0 Å². The van der Waals surface area contributed by atoms with Crippen molar-refractivity contribution in [2.75, 3.05) is 0 Å². The summed E-state index contributed by atoms with van der Waals surface area (Å²) in [4.78, 5) is 0. The van der Waals surface area contributed by atoms with E-state index < -0.39 is 0 Å². The minimum absolute atomic E-state index is 1.22. The first-order valence-corrected chi connectivity index (χ1v) is 5.77. The number of rotatable bonds is 1. The fourth-order valence-electron chi connectivity index (χ4n) is 2.09. The average Bonchev–Trinajstić information content (AvgIpc) is 2.74. The van der Waals surface area contributed by atoms with Crippen molar-refractivity contribution in [2.24, 2.45) is 7.05 Å². The lowest BCUT2D eigenvalue weighted by Crippen LogP contribution is -2.31. The lowest BCUT2D eigenvalue weighted by atomic mass is 10.1. The third-order valence-electron chi connectivity index (χ3n) is 3.20. The van der Waals surface area contributed by atoms with Crippen LogP contribution in [0.4, 0.5) is 0 Å². The van der Waals surface area contributed by atoms with E-state index in [1.165, 1.54) is 22.3 Å². The van der Waals surface area contributed by atoms with Gasteiger partial charge >= 0.3 is 0 Å². The zero-order chi connectivity index (χ0) is 11.8. The van der Waals surface area contributed by atoms with Crippen molar-refractivity contribution in [3.8, 4) is 11.1 Å². The van der Waals surface area contributed by atoms with E-state index in [2.05, 4.69) is 71.9 Å². The van der Waals surface area contributed by atoms with Crippen LogP contribution < -0.4 is 4.57 Å². The molecule has 2 heterocycles. The van der Waals surface area contributed by atoms with Gasteiger partial charge in [0.05, 0.1) is 6.20 Å². The fraction of sp³-hybridized carbons (Fsp3) is 0.133. The maximum atomic E-state index is 2.22. The van der Waals surface area contributed by atoms with Gasteiger partial charge in [-0.15, -0.1) is 0 Å². The first kappa shape index (κ1) is 10.1. The summed E-state index contributed by atoms with van der Waals surface area (Å²) < 4.78 is 4.32. The molecule has 2 nitrogen and oxygen atoms in total. The molecule has 0 radical (unpaired) electrons. The number of aryl methyl sites for hydroxylation is 2. The van der Waals surface area contributed by atoms with E-state index >= 15 is 0 Å². The summed E-state index contributed by atoms with van der Waals surface area (Å²) in [6.45, 7) is 2.11. The SMILES string of the molecule is Cc1cn2cc(-c3ccccc3)cc2c[n+]1C. The second kappa shape index (κ2) is 3.74. The van der Waals surface area contributed by atoms with E-state index in [0.29, 0.717) is 0 Å². The van der Waals surface area contributed by atoms with E-state index in [1.807, 2.05) is 6.07 Å². The van der Waals surface area contributed by atoms with Gasteiger partial charge in [-0.3, -0.25) is 0 Å². The average molecular weight is 223 g/mol. The highest BCUT2D eigenvalue weighted by Crippen LogP contribution is 2.21. The van der Waals surface area contributed by atoms with Gasteiger partial charge in [0.25, 0.3) is 0 Å². The molecule has 84 valence electrons. The predicted molar refractivity (Wildman–Crippen MR) is 68.7 cm³/mol. The number of aromatic nitrogens is 2. The molecule has 0 aliphatic rings. The lowest BCUT2D eigenvalue weighted by Gasteiger charge is -1.95. The number of benzene rings is 1. The van der Waals surface area contributed by atoms with Crippen molar-refractivity contribution in [1.29, 1.82) is 0 Å². The predicted octanol–water partition coefficient (Wildman–Crippen LogP) is 2.74. The molecule has 0 saturated carbocycles. The van der Waals surface area contributed by atoms with Crippen LogP contribution >= 0.6 is 0 Å². The lowest BCUT2D eigenvalue weighted by molar-refractivity contribution is -0.677. The molecule has 0 saturated heterocycles. The molecule has 2 heteroatoms. The third kappa shape index (κ3) is 1.72. The Hall–Kier alpha value is -2.09. The highest BCUT2D eigenvalue weighted by Gasteiger charge is 2.07. The Balaban J connectivity index is 2.21. The summed E-state index contributed by atoms with van der Waals surface area (Å²) in [5.74, 6) is 0.